The standard InChI is InChI=1S/C19H23N3O4/c1-3-26-19(24)14-11-21-16-13(5-4-6-15(16)25-2)17(14)22-9-7-12(8-10-22)18(20)23/h4-6,11-12H,3,7-10H2,1-2H3,(H2,20,23). The van der Waals surface area contributed by atoms with Crippen molar-refractivity contribution in [3.63, 3.8) is 0 Å². The van der Waals surface area contributed by atoms with Crippen molar-refractivity contribution in [2.75, 3.05) is 31.7 Å². The number of rotatable bonds is 5. The lowest BCUT2D eigenvalue weighted by Crippen LogP contribution is -2.39. The number of nitrogens with zero attached hydrogens (tertiary/aromatic N) is 2. The number of fused-ring (bicyclic) bond motifs is 1. The molecule has 0 spiro atoms. The van der Waals surface area contributed by atoms with E-state index < -0.39 is 5.97 Å². The Kier molecular flexibility index (Phi) is 5.25. The van der Waals surface area contributed by atoms with Gasteiger partial charge in [-0.15, -0.1) is 0 Å². The third kappa shape index (κ3) is 3.29. The van der Waals surface area contributed by atoms with E-state index in [9.17, 15) is 9.59 Å². The number of methoxy groups -OCH3 is 1. The first-order chi connectivity index (χ1) is 12.6. The van der Waals surface area contributed by atoms with Crippen LogP contribution in [-0.4, -0.2) is 43.7 Å². The Morgan fingerprint density at radius 2 is 2.04 bits per heavy atom. The van der Waals surface area contributed by atoms with Gasteiger partial charge in [0.15, 0.2) is 0 Å². The molecule has 26 heavy (non-hydrogen) atoms. The second-order valence-corrected chi connectivity index (χ2v) is 6.26. The van der Waals surface area contributed by atoms with Gasteiger partial charge in [-0.05, 0) is 25.8 Å². The SMILES string of the molecule is CCOC(=O)c1cnc2c(OC)cccc2c1N1CCC(C(N)=O)CC1. The minimum absolute atomic E-state index is 0.125. The van der Waals surface area contributed by atoms with Crippen LogP contribution in [0, 0.1) is 5.92 Å². The summed E-state index contributed by atoms with van der Waals surface area (Å²) in [4.78, 5) is 30.5. The first kappa shape index (κ1) is 18.0. The summed E-state index contributed by atoms with van der Waals surface area (Å²) < 4.78 is 10.6. The summed E-state index contributed by atoms with van der Waals surface area (Å²) >= 11 is 0. The number of esters is 1. The highest BCUT2D eigenvalue weighted by molar-refractivity contribution is 6.06. The van der Waals surface area contributed by atoms with Crippen molar-refractivity contribution in [3.8, 4) is 5.75 Å². The van der Waals surface area contributed by atoms with Crippen molar-refractivity contribution in [3.05, 3.63) is 30.0 Å². The van der Waals surface area contributed by atoms with Gasteiger partial charge in [0, 0.05) is 30.6 Å². The summed E-state index contributed by atoms with van der Waals surface area (Å²) in [6, 6.07) is 5.63. The molecule has 0 saturated carbocycles. The quantitative estimate of drug-likeness (QED) is 0.824. The van der Waals surface area contributed by atoms with Crippen LogP contribution in [0.2, 0.25) is 0 Å². The Labute approximate surface area is 152 Å². The first-order valence-corrected chi connectivity index (χ1v) is 8.73. The number of anilines is 1. The van der Waals surface area contributed by atoms with Gasteiger partial charge in [-0.25, -0.2) is 4.79 Å². The Balaban J connectivity index is 2.09. The zero-order valence-corrected chi connectivity index (χ0v) is 15.0. The molecule has 1 aliphatic heterocycles. The molecule has 1 aliphatic rings. The molecule has 0 aliphatic carbocycles. The molecule has 2 N–H and O–H groups in total. The smallest absolute Gasteiger partial charge is 0.341 e. The fourth-order valence-electron chi connectivity index (χ4n) is 3.43. The van der Waals surface area contributed by atoms with Crippen LogP contribution in [0.25, 0.3) is 10.9 Å². The molecule has 1 fully saturated rings. The van der Waals surface area contributed by atoms with Crippen LogP contribution in [0.4, 0.5) is 5.69 Å². The van der Waals surface area contributed by atoms with Crippen molar-refractivity contribution in [1.29, 1.82) is 0 Å². The molecule has 138 valence electrons. The Hall–Kier alpha value is -2.83. The minimum atomic E-state index is -0.406. The minimum Gasteiger partial charge on any atom is -0.494 e. The summed E-state index contributed by atoms with van der Waals surface area (Å²) in [7, 11) is 1.59. The summed E-state index contributed by atoms with van der Waals surface area (Å²) in [5.74, 6) is -0.153. The van der Waals surface area contributed by atoms with E-state index in [1.807, 2.05) is 18.2 Å². The molecule has 2 heterocycles. The van der Waals surface area contributed by atoms with Gasteiger partial charge in [0.2, 0.25) is 5.91 Å². The average Bonchev–Trinajstić information content (AvgIpc) is 2.66. The molecule has 1 aromatic carbocycles. The maximum absolute atomic E-state index is 12.5. The number of carbonyl (C=O) groups excluding carboxylic acids is 2. The van der Waals surface area contributed by atoms with Crippen LogP contribution in [0.1, 0.15) is 30.1 Å². The predicted octanol–water partition coefficient (Wildman–Crippen LogP) is 2.12. The number of ether oxygens (including phenoxy) is 2. The number of hydrogen-bond acceptors (Lipinski definition) is 6. The first-order valence-electron chi connectivity index (χ1n) is 8.73. The van der Waals surface area contributed by atoms with Crippen LogP contribution in [0.3, 0.4) is 0 Å². The average molecular weight is 357 g/mol. The molecule has 1 amide bonds. The van der Waals surface area contributed by atoms with Crippen LogP contribution in [0.5, 0.6) is 5.75 Å². The van der Waals surface area contributed by atoms with E-state index in [4.69, 9.17) is 15.2 Å². The molecule has 0 bridgehead atoms. The van der Waals surface area contributed by atoms with E-state index >= 15 is 0 Å². The van der Waals surface area contributed by atoms with Crippen LogP contribution in [0.15, 0.2) is 24.4 Å². The number of pyridine rings is 1. The van der Waals surface area contributed by atoms with E-state index in [0.717, 1.165) is 11.1 Å². The predicted molar refractivity (Wildman–Crippen MR) is 98.4 cm³/mol. The summed E-state index contributed by atoms with van der Waals surface area (Å²) in [6.45, 7) is 3.33. The number of aromatic nitrogens is 1. The van der Waals surface area contributed by atoms with Gasteiger partial charge in [-0.2, -0.15) is 0 Å². The third-order valence-corrected chi connectivity index (χ3v) is 4.76. The largest absolute Gasteiger partial charge is 0.494 e. The maximum atomic E-state index is 12.5. The number of amides is 1. The maximum Gasteiger partial charge on any atom is 0.341 e. The fraction of sp³-hybridized carbons (Fsp3) is 0.421. The van der Waals surface area contributed by atoms with E-state index in [-0.39, 0.29) is 18.4 Å². The molecule has 7 heteroatoms. The van der Waals surface area contributed by atoms with Gasteiger partial charge >= 0.3 is 5.97 Å². The van der Waals surface area contributed by atoms with Crippen molar-refractivity contribution >= 4 is 28.5 Å². The lowest BCUT2D eigenvalue weighted by atomic mass is 9.95. The molecule has 3 rings (SSSR count). The monoisotopic (exact) mass is 357 g/mol. The van der Waals surface area contributed by atoms with Crippen molar-refractivity contribution in [1.82, 2.24) is 4.98 Å². The molecule has 0 atom stereocenters. The number of benzene rings is 1. The molecule has 1 aromatic heterocycles. The number of carbonyl (C=O) groups is 2. The van der Waals surface area contributed by atoms with Gasteiger partial charge in [-0.1, -0.05) is 12.1 Å². The van der Waals surface area contributed by atoms with E-state index in [0.29, 0.717) is 42.8 Å². The molecule has 0 radical (unpaired) electrons. The molecule has 0 unspecified atom stereocenters. The second kappa shape index (κ2) is 7.59. The number of para-hydroxylation sites is 1. The number of primary amides is 1. The number of hydrogen-bond donors (Lipinski definition) is 1. The zero-order valence-electron chi connectivity index (χ0n) is 15.0. The number of piperidine rings is 1. The highest BCUT2D eigenvalue weighted by Crippen LogP contribution is 2.36. The van der Waals surface area contributed by atoms with Gasteiger partial charge in [0.25, 0.3) is 0 Å². The number of nitrogens with two attached hydrogens (primary N) is 1. The third-order valence-electron chi connectivity index (χ3n) is 4.76. The van der Waals surface area contributed by atoms with E-state index in [2.05, 4.69) is 9.88 Å². The fourth-order valence-corrected chi connectivity index (χ4v) is 3.43. The molecule has 1 saturated heterocycles. The van der Waals surface area contributed by atoms with Gasteiger partial charge < -0.3 is 20.1 Å². The van der Waals surface area contributed by atoms with Crippen LogP contribution >= 0.6 is 0 Å². The van der Waals surface area contributed by atoms with E-state index in [1.54, 1.807) is 20.2 Å². The summed E-state index contributed by atoms with van der Waals surface area (Å²) in [6.07, 6.45) is 2.86. The summed E-state index contributed by atoms with van der Waals surface area (Å²) in [5, 5.41) is 0.826. The highest BCUT2D eigenvalue weighted by atomic mass is 16.5. The highest BCUT2D eigenvalue weighted by Gasteiger charge is 2.28. The zero-order chi connectivity index (χ0) is 18.7. The van der Waals surface area contributed by atoms with Gasteiger partial charge in [0.1, 0.15) is 16.8 Å². The normalized spacial score (nSPS) is 15.1. The lowest BCUT2D eigenvalue weighted by molar-refractivity contribution is -0.122. The molecule has 2 aromatic rings. The van der Waals surface area contributed by atoms with Crippen molar-refractivity contribution in [2.45, 2.75) is 19.8 Å². The Morgan fingerprint density at radius 3 is 2.65 bits per heavy atom. The summed E-state index contributed by atoms with van der Waals surface area (Å²) in [5.41, 5.74) is 7.32. The van der Waals surface area contributed by atoms with Gasteiger partial charge in [0.05, 0.1) is 19.4 Å². The van der Waals surface area contributed by atoms with Crippen molar-refractivity contribution in [2.24, 2.45) is 11.7 Å². The Bertz CT molecular complexity index is 829. The molecule has 7 nitrogen and oxygen atoms in total. The molecular formula is C19H23N3O4. The second-order valence-electron chi connectivity index (χ2n) is 6.26. The van der Waals surface area contributed by atoms with Crippen LogP contribution < -0.4 is 15.4 Å². The Morgan fingerprint density at radius 1 is 1.31 bits per heavy atom. The van der Waals surface area contributed by atoms with E-state index in [1.165, 1.54) is 0 Å². The lowest BCUT2D eigenvalue weighted by Gasteiger charge is -2.34. The topological polar surface area (TPSA) is 94.8 Å². The van der Waals surface area contributed by atoms with Gasteiger partial charge in [-0.3, -0.25) is 9.78 Å². The van der Waals surface area contributed by atoms with Crippen LogP contribution in [-0.2, 0) is 9.53 Å². The van der Waals surface area contributed by atoms with Crippen molar-refractivity contribution < 1.29 is 19.1 Å². The molecular weight excluding hydrogens is 334 g/mol.